The first kappa shape index (κ1) is 16.3. The Balaban J connectivity index is 2.25. The molecule has 0 radical (unpaired) electrons. The molecule has 0 bridgehead atoms. The Hall–Kier alpha value is -1.09. The van der Waals surface area contributed by atoms with Gasteiger partial charge in [-0.15, -0.1) is 0 Å². The zero-order valence-electron chi connectivity index (χ0n) is 13.4. The fraction of sp³-hybridized carbons (Fsp3) is 0.647. The number of aromatic nitrogens is 1. The van der Waals surface area contributed by atoms with Crippen LogP contribution in [0.3, 0.4) is 0 Å². The molecule has 3 nitrogen and oxygen atoms in total. The second-order valence-corrected chi connectivity index (χ2v) is 7.37. The number of piperidine rings is 1. The van der Waals surface area contributed by atoms with Gasteiger partial charge in [0.25, 0.3) is 5.91 Å². The van der Waals surface area contributed by atoms with E-state index in [-0.39, 0.29) is 11.3 Å². The van der Waals surface area contributed by atoms with Crippen LogP contribution in [0.5, 0.6) is 0 Å². The minimum atomic E-state index is -0.117. The standard InChI is InChI=1S/C17H25ClN2O/c1-5-12-7-6-8-20(11-12)16(21)13-9-14(17(2,3)4)19-15(18)10-13/h9-10,12H,5-8,11H2,1-4H3. The third kappa shape index (κ3) is 3.97. The van der Waals surface area contributed by atoms with Crippen molar-refractivity contribution in [1.29, 1.82) is 0 Å². The molecule has 1 atom stereocenters. The maximum Gasteiger partial charge on any atom is 0.254 e. The lowest BCUT2D eigenvalue weighted by Crippen LogP contribution is -2.39. The molecule has 0 aromatic carbocycles. The smallest absolute Gasteiger partial charge is 0.254 e. The number of halogens is 1. The van der Waals surface area contributed by atoms with Crippen molar-refractivity contribution in [1.82, 2.24) is 9.88 Å². The number of carbonyl (C=O) groups is 1. The Morgan fingerprint density at radius 2 is 2.14 bits per heavy atom. The van der Waals surface area contributed by atoms with Gasteiger partial charge in [0.15, 0.2) is 0 Å². The Morgan fingerprint density at radius 1 is 1.43 bits per heavy atom. The van der Waals surface area contributed by atoms with Gasteiger partial charge in [-0.3, -0.25) is 4.79 Å². The van der Waals surface area contributed by atoms with Crippen molar-refractivity contribution in [3.05, 3.63) is 28.5 Å². The molecule has 1 amide bonds. The maximum absolute atomic E-state index is 12.7. The molecule has 2 rings (SSSR count). The summed E-state index contributed by atoms with van der Waals surface area (Å²) in [6.07, 6.45) is 3.45. The highest BCUT2D eigenvalue weighted by Gasteiger charge is 2.25. The predicted molar refractivity (Wildman–Crippen MR) is 86.9 cm³/mol. The topological polar surface area (TPSA) is 33.2 Å². The fourth-order valence-electron chi connectivity index (χ4n) is 2.77. The average molecular weight is 309 g/mol. The van der Waals surface area contributed by atoms with E-state index in [9.17, 15) is 4.79 Å². The molecule has 1 aliphatic rings. The zero-order valence-corrected chi connectivity index (χ0v) is 14.2. The van der Waals surface area contributed by atoms with Crippen LogP contribution in [0.4, 0.5) is 0 Å². The minimum absolute atomic E-state index is 0.0861. The van der Waals surface area contributed by atoms with Gasteiger partial charge >= 0.3 is 0 Å². The highest BCUT2D eigenvalue weighted by atomic mass is 35.5. The monoisotopic (exact) mass is 308 g/mol. The van der Waals surface area contributed by atoms with Gasteiger partial charge < -0.3 is 4.90 Å². The quantitative estimate of drug-likeness (QED) is 0.763. The van der Waals surface area contributed by atoms with Gasteiger partial charge in [-0.05, 0) is 30.9 Å². The van der Waals surface area contributed by atoms with Crippen molar-refractivity contribution in [2.45, 2.75) is 52.4 Å². The largest absolute Gasteiger partial charge is 0.338 e. The van der Waals surface area contributed by atoms with E-state index in [0.29, 0.717) is 16.6 Å². The fourth-order valence-corrected chi connectivity index (χ4v) is 2.98. The second kappa shape index (κ2) is 6.35. The number of pyridine rings is 1. The summed E-state index contributed by atoms with van der Waals surface area (Å²) in [5.74, 6) is 0.713. The number of hydrogen-bond donors (Lipinski definition) is 0. The van der Waals surface area contributed by atoms with Crippen molar-refractivity contribution in [3.8, 4) is 0 Å². The molecule has 21 heavy (non-hydrogen) atoms. The van der Waals surface area contributed by atoms with E-state index >= 15 is 0 Å². The van der Waals surface area contributed by atoms with E-state index in [0.717, 1.165) is 31.6 Å². The van der Waals surface area contributed by atoms with Crippen molar-refractivity contribution in [2.75, 3.05) is 13.1 Å². The van der Waals surface area contributed by atoms with Gasteiger partial charge in [-0.2, -0.15) is 0 Å². The number of nitrogens with zero attached hydrogens (tertiary/aromatic N) is 2. The van der Waals surface area contributed by atoms with Crippen LogP contribution in [-0.4, -0.2) is 28.9 Å². The van der Waals surface area contributed by atoms with Gasteiger partial charge in [-0.1, -0.05) is 45.7 Å². The van der Waals surface area contributed by atoms with Crippen LogP contribution in [0, 0.1) is 5.92 Å². The SMILES string of the molecule is CCC1CCCN(C(=O)c2cc(Cl)nc(C(C)(C)C)c2)C1. The molecular weight excluding hydrogens is 284 g/mol. The molecule has 0 spiro atoms. The summed E-state index contributed by atoms with van der Waals surface area (Å²) in [6, 6.07) is 3.58. The Morgan fingerprint density at radius 3 is 2.76 bits per heavy atom. The summed E-state index contributed by atoms with van der Waals surface area (Å²) < 4.78 is 0. The molecule has 1 aliphatic heterocycles. The van der Waals surface area contributed by atoms with E-state index < -0.39 is 0 Å². The summed E-state index contributed by atoms with van der Waals surface area (Å²) in [5, 5.41) is 0.398. The van der Waals surface area contributed by atoms with E-state index in [1.807, 2.05) is 11.0 Å². The maximum atomic E-state index is 12.7. The number of amides is 1. The molecular formula is C17H25ClN2O. The summed E-state index contributed by atoms with van der Waals surface area (Å²) in [4.78, 5) is 19.1. The molecule has 1 saturated heterocycles. The van der Waals surface area contributed by atoms with Crippen LogP contribution in [0.1, 0.15) is 63.0 Å². The highest BCUT2D eigenvalue weighted by Crippen LogP contribution is 2.26. The summed E-state index contributed by atoms with van der Waals surface area (Å²) in [7, 11) is 0. The molecule has 2 heterocycles. The van der Waals surface area contributed by atoms with Gasteiger partial charge in [0.1, 0.15) is 5.15 Å². The normalized spacial score (nSPS) is 19.7. The van der Waals surface area contributed by atoms with Crippen molar-refractivity contribution >= 4 is 17.5 Å². The van der Waals surface area contributed by atoms with Crippen molar-refractivity contribution < 1.29 is 4.79 Å². The van der Waals surface area contributed by atoms with Gasteiger partial charge in [-0.25, -0.2) is 4.98 Å². The zero-order chi connectivity index (χ0) is 15.6. The summed E-state index contributed by atoms with van der Waals surface area (Å²) in [5.41, 5.74) is 1.41. The van der Waals surface area contributed by atoms with Crippen molar-refractivity contribution in [2.24, 2.45) is 5.92 Å². The van der Waals surface area contributed by atoms with E-state index in [2.05, 4.69) is 32.7 Å². The number of rotatable bonds is 2. The van der Waals surface area contributed by atoms with Crippen LogP contribution in [0.15, 0.2) is 12.1 Å². The van der Waals surface area contributed by atoms with Crippen LogP contribution in [0.2, 0.25) is 5.15 Å². The van der Waals surface area contributed by atoms with E-state index in [1.54, 1.807) is 6.07 Å². The van der Waals surface area contributed by atoms with Crippen LogP contribution in [-0.2, 0) is 5.41 Å². The van der Waals surface area contributed by atoms with Crippen LogP contribution in [0.25, 0.3) is 0 Å². The van der Waals surface area contributed by atoms with Gasteiger partial charge in [0, 0.05) is 29.8 Å². The Labute approximate surface area is 132 Å². The first-order valence-electron chi connectivity index (χ1n) is 7.78. The molecule has 0 saturated carbocycles. The molecule has 0 N–H and O–H groups in total. The van der Waals surface area contributed by atoms with Crippen LogP contribution >= 0.6 is 11.6 Å². The summed E-state index contributed by atoms with van der Waals surface area (Å²) >= 11 is 6.11. The Bertz CT molecular complexity index is 522. The lowest BCUT2D eigenvalue weighted by Gasteiger charge is -2.32. The first-order valence-corrected chi connectivity index (χ1v) is 8.16. The van der Waals surface area contributed by atoms with Gasteiger partial charge in [0.2, 0.25) is 0 Å². The first-order chi connectivity index (χ1) is 9.81. The number of carbonyl (C=O) groups excluding carboxylic acids is 1. The predicted octanol–water partition coefficient (Wildman–Crippen LogP) is 4.29. The Kier molecular flexibility index (Phi) is 4.92. The lowest BCUT2D eigenvalue weighted by molar-refractivity contribution is 0.0671. The van der Waals surface area contributed by atoms with Gasteiger partial charge in [0.05, 0.1) is 0 Å². The molecule has 4 heteroatoms. The second-order valence-electron chi connectivity index (χ2n) is 6.98. The molecule has 1 aromatic rings. The average Bonchev–Trinajstić information content (AvgIpc) is 2.45. The third-order valence-corrected chi connectivity index (χ3v) is 4.39. The van der Waals surface area contributed by atoms with E-state index in [4.69, 9.17) is 11.6 Å². The molecule has 116 valence electrons. The number of hydrogen-bond acceptors (Lipinski definition) is 2. The third-order valence-electron chi connectivity index (χ3n) is 4.19. The molecule has 1 aromatic heterocycles. The van der Waals surface area contributed by atoms with Crippen molar-refractivity contribution in [3.63, 3.8) is 0 Å². The summed E-state index contributed by atoms with van der Waals surface area (Å²) in [6.45, 7) is 10.1. The molecule has 0 aliphatic carbocycles. The molecule has 1 unspecified atom stereocenters. The molecule has 1 fully saturated rings. The number of likely N-dealkylation sites (tertiary alicyclic amines) is 1. The lowest BCUT2D eigenvalue weighted by atomic mass is 9.90. The highest BCUT2D eigenvalue weighted by molar-refractivity contribution is 6.29. The van der Waals surface area contributed by atoms with E-state index in [1.165, 1.54) is 6.42 Å². The van der Waals surface area contributed by atoms with Crippen LogP contribution < -0.4 is 0 Å². The minimum Gasteiger partial charge on any atom is -0.338 e.